The lowest BCUT2D eigenvalue weighted by molar-refractivity contribution is -0.137. The van der Waals surface area contributed by atoms with Crippen molar-refractivity contribution in [3.8, 4) is 11.4 Å². The molecule has 1 heterocycles. The Labute approximate surface area is 180 Å². The van der Waals surface area contributed by atoms with Crippen molar-refractivity contribution >= 4 is 11.6 Å². The Balaban J connectivity index is 2.04. The summed E-state index contributed by atoms with van der Waals surface area (Å²) in [5.41, 5.74) is -1.48. The smallest absolute Gasteiger partial charge is 0.396 e. The molecule has 3 aromatic rings. The minimum Gasteiger partial charge on any atom is -0.396 e. The molecule has 3 rings (SSSR count). The molecular weight excluding hydrogens is 430 g/mol. The highest BCUT2D eigenvalue weighted by molar-refractivity contribution is 5.91. The SMILES string of the molecule is Cc1nc(-c2cccc(F)c2)n(CC(=O)Nc2ccccc2C(F)(F)F)c(=O)c1CCO. The van der Waals surface area contributed by atoms with E-state index >= 15 is 0 Å². The highest BCUT2D eigenvalue weighted by Gasteiger charge is 2.33. The Morgan fingerprint density at radius 1 is 1.16 bits per heavy atom. The molecule has 0 fully saturated rings. The molecule has 0 spiro atoms. The monoisotopic (exact) mass is 449 g/mol. The van der Waals surface area contributed by atoms with E-state index in [1.807, 2.05) is 0 Å². The molecule has 0 saturated carbocycles. The second-order valence-corrected chi connectivity index (χ2v) is 6.97. The summed E-state index contributed by atoms with van der Waals surface area (Å²) >= 11 is 0. The average Bonchev–Trinajstić information content (AvgIpc) is 2.72. The van der Waals surface area contributed by atoms with E-state index in [0.29, 0.717) is 5.69 Å². The van der Waals surface area contributed by atoms with Crippen LogP contribution in [0.25, 0.3) is 11.4 Å². The van der Waals surface area contributed by atoms with Crippen molar-refractivity contribution in [1.82, 2.24) is 9.55 Å². The van der Waals surface area contributed by atoms with Crippen molar-refractivity contribution in [1.29, 1.82) is 0 Å². The minimum absolute atomic E-state index is 0.0204. The molecule has 0 aliphatic carbocycles. The highest BCUT2D eigenvalue weighted by atomic mass is 19.4. The molecule has 1 aromatic heterocycles. The van der Waals surface area contributed by atoms with Crippen LogP contribution in [0, 0.1) is 12.7 Å². The number of aliphatic hydroxyl groups is 1. The van der Waals surface area contributed by atoms with Gasteiger partial charge in [-0.05, 0) is 31.2 Å². The van der Waals surface area contributed by atoms with Gasteiger partial charge in [0, 0.05) is 29.8 Å². The molecule has 0 radical (unpaired) electrons. The van der Waals surface area contributed by atoms with E-state index in [1.54, 1.807) is 6.92 Å². The van der Waals surface area contributed by atoms with Crippen LogP contribution in [0.2, 0.25) is 0 Å². The molecule has 2 N–H and O–H groups in total. The Morgan fingerprint density at radius 2 is 1.88 bits per heavy atom. The summed E-state index contributed by atoms with van der Waals surface area (Å²) < 4.78 is 54.4. The maximum atomic E-state index is 13.8. The van der Waals surface area contributed by atoms with E-state index in [0.717, 1.165) is 22.8 Å². The molecule has 168 valence electrons. The quantitative estimate of drug-likeness (QED) is 0.564. The molecule has 2 aromatic carbocycles. The molecule has 0 unspecified atom stereocenters. The Bertz CT molecular complexity index is 1210. The summed E-state index contributed by atoms with van der Waals surface area (Å²) in [6, 6.07) is 9.66. The predicted octanol–water partition coefficient (Wildman–Crippen LogP) is 3.55. The number of alkyl halides is 3. The predicted molar refractivity (Wildman–Crippen MR) is 109 cm³/mol. The van der Waals surface area contributed by atoms with E-state index in [9.17, 15) is 32.3 Å². The van der Waals surface area contributed by atoms with Gasteiger partial charge in [0.1, 0.15) is 18.2 Å². The van der Waals surface area contributed by atoms with Crippen molar-refractivity contribution in [3.05, 3.63) is 81.5 Å². The molecule has 0 bridgehead atoms. The zero-order chi connectivity index (χ0) is 23.5. The molecule has 32 heavy (non-hydrogen) atoms. The fourth-order valence-corrected chi connectivity index (χ4v) is 3.27. The lowest BCUT2D eigenvalue weighted by Gasteiger charge is -2.17. The van der Waals surface area contributed by atoms with Crippen LogP contribution < -0.4 is 10.9 Å². The number of nitrogens with zero attached hydrogens (tertiary/aromatic N) is 2. The molecule has 6 nitrogen and oxygen atoms in total. The lowest BCUT2D eigenvalue weighted by Crippen LogP contribution is -2.33. The standard InChI is InChI=1S/C22H19F4N3O3/c1-13-16(9-10-30)21(32)29(20(27-13)14-5-4-6-15(23)11-14)12-19(31)28-18-8-3-2-7-17(18)22(24,25)26/h2-8,11,30H,9-10,12H2,1H3,(H,28,31). The molecule has 0 aliphatic rings. The van der Waals surface area contributed by atoms with Gasteiger partial charge in [-0.2, -0.15) is 13.2 Å². The minimum atomic E-state index is -4.69. The number of aromatic nitrogens is 2. The number of rotatable bonds is 6. The molecule has 1 amide bonds. The fraction of sp³-hybridized carbons (Fsp3) is 0.227. The Morgan fingerprint density at radius 3 is 2.53 bits per heavy atom. The summed E-state index contributed by atoms with van der Waals surface area (Å²) in [4.78, 5) is 30.0. The zero-order valence-electron chi connectivity index (χ0n) is 16.9. The third kappa shape index (κ3) is 5.02. The fourth-order valence-electron chi connectivity index (χ4n) is 3.27. The Kier molecular flexibility index (Phi) is 6.73. The van der Waals surface area contributed by atoms with E-state index in [4.69, 9.17) is 0 Å². The number of hydrogen-bond donors (Lipinski definition) is 2. The number of carbonyl (C=O) groups is 1. The zero-order valence-corrected chi connectivity index (χ0v) is 16.9. The lowest BCUT2D eigenvalue weighted by atomic mass is 10.1. The van der Waals surface area contributed by atoms with Crippen LogP contribution in [-0.4, -0.2) is 27.2 Å². The van der Waals surface area contributed by atoms with Gasteiger partial charge in [-0.3, -0.25) is 14.2 Å². The van der Waals surface area contributed by atoms with Crippen molar-refractivity contribution in [2.24, 2.45) is 0 Å². The Hall–Kier alpha value is -3.53. The molecule has 10 heteroatoms. The number of halogens is 4. The first-order chi connectivity index (χ1) is 15.1. The first-order valence-corrected chi connectivity index (χ1v) is 9.55. The highest BCUT2D eigenvalue weighted by Crippen LogP contribution is 2.34. The second kappa shape index (κ2) is 9.31. The van der Waals surface area contributed by atoms with Gasteiger partial charge in [0.05, 0.1) is 11.3 Å². The number of benzene rings is 2. The van der Waals surface area contributed by atoms with Crippen LogP contribution in [0.5, 0.6) is 0 Å². The number of amides is 1. The topological polar surface area (TPSA) is 84.2 Å². The van der Waals surface area contributed by atoms with Crippen LogP contribution in [-0.2, 0) is 23.9 Å². The van der Waals surface area contributed by atoms with Gasteiger partial charge in [-0.15, -0.1) is 0 Å². The van der Waals surface area contributed by atoms with Gasteiger partial charge < -0.3 is 10.4 Å². The normalized spacial score (nSPS) is 11.4. The van der Waals surface area contributed by atoms with Crippen LogP contribution in [0.4, 0.5) is 23.2 Å². The van der Waals surface area contributed by atoms with Gasteiger partial charge in [-0.1, -0.05) is 24.3 Å². The van der Waals surface area contributed by atoms with E-state index < -0.39 is 41.3 Å². The van der Waals surface area contributed by atoms with Crippen LogP contribution >= 0.6 is 0 Å². The van der Waals surface area contributed by atoms with Gasteiger partial charge in [-0.25, -0.2) is 9.37 Å². The van der Waals surface area contributed by atoms with Crippen molar-refractivity contribution in [2.75, 3.05) is 11.9 Å². The molecule has 0 aliphatic heterocycles. The largest absolute Gasteiger partial charge is 0.418 e. The van der Waals surface area contributed by atoms with Crippen LogP contribution in [0.1, 0.15) is 16.8 Å². The first kappa shape index (κ1) is 23.1. The molecular formula is C22H19F4N3O3. The van der Waals surface area contributed by atoms with Crippen LogP contribution in [0.3, 0.4) is 0 Å². The van der Waals surface area contributed by atoms with Gasteiger partial charge in [0.2, 0.25) is 5.91 Å². The van der Waals surface area contributed by atoms with Crippen molar-refractivity contribution in [3.63, 3.8) is 0 Å². The van der Waals surface area contributed by atoms with E-state index in [1.165, 1.54) is 30.3 Å². The maximum Gasteiger partial charge on any atom is 0.418 e. The molecule has 0 atom stereocenters. The number of nitrogens with one attached hydrogen (secondary N) is 1. The molecule has 0 saturated heterocycles. The third-order valence-corrected chi connectivity index (χ3v) is 4.72. The second-order valence-electron chi connectivity index (χ2n) is 6.97. The number of aryl methyl sites for hydroxylation is 1. The third-order valence-electron chi connectivity index (χ3n) is 4.72. The summed E-state index contributed by atoms with van der Waals surface area (Å²) in [5, 5.41) is 11.4. The van der Waals surface area contributed by atoms with Crippen LogP contribution in [0.15, 0.2) is 53.3 Å². The number of aliphatic hydroxyl groups excluding tert-OH is 1. The number of hydrogen-bond acceptors (Lipinski definition) is 4. The number of carbonyl (C=O) groups excluding carboxylic acids is 1. The maximum absolute atomic E-state index is 13.8. The number of anilines is 1. The van der Waals surface area contributed by atoms with E-state index in [2.05, 4.69) is 10.3 Å². The van der Waals surface area contributed by atoms with Crippen molar-refractivity contribution < 1.29 is 27.5 Å². The summed E-state index contributed by atoms with van der Waals surface area (Å²) in [7, 11) is 0. The number of para-hydroxylation sites is 1. The van der Waals surface area contributed by atoms with Crippen molar-refractivity contribution in [2.45, 2.75) is 26.1 Å². The van der Waals surface area contributed by atoms with Gasteiger partial charge in [0.15, 0.2) is 0 Å². The summed E-state index contributed by atoms with van der Waals surface area (Å²) in [6.07, 6.45) is -4.72. The summed E-state index contributed by atoms with van der Waals surface area (Å²) in [5.74, 6) is -1.51. The summed E-state index contributed by atoms with van der Waals surface area (Å²) in [6.45, 7) is 0.532. The van der Waals surface area contributed by atoms with Gasteiger partial charge in [0.25, 0.3) is 5.56 Å². The van der Waals surface area contributed by atoms with Gasteiger partial charge >= 0.3 is 6.18 Å². The first-order valence-electron chi connectivity index (χ1n) is 9.55. The van der Waals surface area contributed by atoms with E-state index in [-0.39, 0.29) is 30.0 Å². The average molecular weight is 449 g/mol.